The lowest BCUT2D eigenvalue weighted by atomic mass is 10.1. The molecule has 0 saturated carbocycles. The average molecular weight is 269 g/mol. The molecule has 1 aromatic rings. The lowest BCUT2D eigenvalue weighted by molar-refractivity contribution is 0.270. The molecule has 3 N–H and O–H groups in total. The molecule has 1 aromatic carbocycles. The summed E-state index contributed by atoms with van der Waals surface area (Å²) in [5.41, 5.74) is 6.62. The third kappa shape index (κ3) is 2.76. The summed E-state index contributed by atoms with van der Waals surface area (Å²) in [6, 6.07) is 6.92. The SMILES string of the molecule is CC1CCCCN1S(=O)(=O)Nc1ccccc1N. The molecule has 1 aliphatic rings. The maximum Gasteiger partial charge on any atom is 0.301 e. The zero-order valence-electron chi connectivity index (χ0n) is 10.5. The van der Waals surface area contributed by atoms with Gasteiger partial charge in [-0.05, 0) is 31.9 Å². The van der Waals surface area contributed by atoms with Gasteiger partial charge in [-0.15, -0.1) is 0 Å². The second-order valence-corrected chi connectivity index (χ2v) is 6.27. The number of para-hydroxylation sites is 2. The van der Waals surface area contributed by atoms with Gasteiger partial charge >= 0.3 is 10.2 Å². The minimum Gasteiger partial charge on any atom is -0.397 e. The minimum absolute atomic E-state index is 0.0428. The molecule has 1 heterocycles. The Kier molecular flexibility index (Phi) is 3.77. The largest absolute Gasteiger partial charge is 0.397 e. The number of hydrogen-bond acceptors (Lipinski definition) is 3. The number of benzene rings is 1. The molecule has 0 amide bonds. The van der Waals surface area contributed by atoms with E-state index in [9.17, 15) is 8.42 Å². The lowest BCUT2D eigenvalue weighted by Gasteiger charge is -2.32. The van der Waals surface area contributed by atoms with Gasteiger partial charge in [0.05, 0.1) is 11.4 Å². The third-order valence-corrected chi connectivity index (χ3v) is 4.89. The van der Waals surface area contributed by atoms with E-state index in [1.807, 2.05) is 6.92 Å². The molecule has 1 aliphatic heterocycles. The number of nitrogen functional groups attached to an aromatic ring is 1. The van der Waals surface area contributed by atoms with Crippen LogP contribution in [0.3, 0.4) is 0 Å². The van der Waals surface area contributed by atoms with Gasteiger partial charge in [-0.2, -0.15) is 12.7 Å². The molecular weight excluding hydrogens is 250 g/mol. The van der Waals surface area contributed by atoms with Crippen molar-refractivity contribution in [1.82, 2.24) is 4.31 Å². The Balaban J connectivity index is 2.19. The standard InChI is InChI=1S/C12H19N3O2S/c1-10-6-4-5-9-15(10)18(16,17)14-12-8-3-2-7-11(12)13/h2-3,7-8,10,14H,4-6,9,13H2,1H3. The Bertz CT molecular complexity index is 516. The highest BCUT2D eigenvalue weighted by atomic mass is 32.2. The van der Waals surface area contributed by atoms with Crippen molar-refractivity contribution in [1.29, 1.82) is 0 Å². The van der Waals surface area contributed by atoms with E-state index in [2.05, 4.69) is 4.72 Å². The molecule has 0 bridgehead atoms. The number of nitrogens with one attached hydrogen (secondary N) is 1. The van der Waals surface area contributed by atoms with Crippen molar-refractivity contribution in [3.8, 4) is 0 Å². The number of nitrogens with two attached hydrogens (primary N) is 1. The Hall–Kier alpha value is -1.27. The van der Waals surface area contributed by atoms with Crippen molar-refractivity contribution >= 4 is 21.6 Å². The van der Waals surface area contributed by atoms with Crippen molar-refractivity contribution in [3.05, 3.63) is 24.3 Å². The van der Waals surface area contributed by atoms with E-state index in [1.165, 1.54) is 4.31 Å². The second kappa shape index (κ2) is 5.16. The van der Waals surface area contributed by atoms with E-state index < -0.39 is 10.2 Å². The molecule has 1 atom stereocenters. The third-order valence-electron chi connectivity index (χ3n) is 3.25. The first-order valence-electron chi connectivity index (χ1n) is 6.15. The van der Waals surface area contributed by atoms with Crippen molar-refractivity contribution < 1.29 is 8.42 Å². The minimum atomic E-state index is -3.50. The Morgan fingerprint density at radius 1 is 1.33 bits per heavy atom. The molecule has 2 rings (SSSR count). The first-order valence-corrected chi connectivity index (χ1v) is 7.59. The van der Waals surface area contributed by atoms with Crippen LogP contribution in [-0.2, 0) is 10.2 Å². The van der Waals surface area contributed by atoms with E-state index >= 15 is 0 Å². The molecule has 5 nitrogen and oxygen atoms in total. The molecule has 1 unspecified atom stereocenters. The second-order valence-electron chi connectivity index (χ2n) is 4.65. The summed E-state index contributed by atoms with van der Waals surface area (Å²) >= 11 is 0. The number of piperidine rings is 1. The van der Waals surface area contributed by atoms with Gasteiger partial charge in [-0.25, -0.2) is 0 Å². The molecule has 100 valence electrons. The summed E-state index contributed by atoms with van der Waals surface area (Å²) in [5.74, 6) is 0. The van der Waals surface area contributed by atoms with E-state index in [0.717, 1.165) is 19.3 Å². The van der Waals surface area contributed by atoms with Crippen LogP contribution in [0, 0.1) is 0 Å². The van der Waals surface area contributed by atoms with Crippen LogP contribution in [0.1, 0.15) is 26.2 Å². The fraction of sp³-hybridized carbons (Fsp3) is 0.500. The monoisotopic (exact) mass is 269 g/mol. The summed E-state index contributed by atoms with van der Waals surface area (Å²) in [5, 5.41) is 0. The normalized spacial score (nSPS) is 21.7. The van der Waals surface area contributed by atoms with Gasteiger partial charge in [-0.1, -0.05) is 18.6 Å². The summed E-state index contributed by atoms with van der Waals surface area (Å²) < 4.78 is 28.6. The molecule has 0 spiro atoms. The Labute approximate surface area is 108 Å². The number of anilines is 2. The predicted molar refractivity (Wildman–Crippen MR) is 73.4 cm³/mol. The zero-order chi connectivity index (χ0) is 13.2. The highest BCUT2D eigenvalue weighted by Crippen LogP contribution is 2.24. The Morgan fingerprint density at radius 2 is 2.06 bits per heavy atom. The van der Waals surface area contributed by atoms with E-state index in [-0.39, 0.29) is 6.04 Å². The summed E-state index contributed by atoms with van der Waals surface area (Å²) in [6.45, 7) is 2.51. The van der Waals surface area contributed by atoms with Crippen LogP contribution in [0.4, 0.5) is 11.4 Å². The fourth-order valence-corrected chi connectivity index (χ4v) is 3.75. The summed E-state index contributed by atoms with van der Waals surface area (Å²) in [4.78, 5) is 0. The zero-order valence-corrected chi connectivity index (χ0v) is 11.3. The first kappa shape index (κ1) is 13.2. The highest BCUT2D eigenvalue weighted by molar-refractivity contribution is 7.90. The molecule has 18 heavy (non-hydrogen) atoms. The molecular formula is C12H19N3O2S. The predicted octanol–water partition coefficient (Wildman–Crippen LogP) is 1.80. The van der Waals surface area contributed by atoms with E-state index in [4.69, 9.17) is 5.73 Å². The maximum atomic E-state index is 12.3. The average Bonchev–Trinajstić information content (AvgIpc) is 2.32. The smallest absolute Gasteiger partial charge is 0.301 e. The number of rotatable bonds is 3. The Morgan fingerprint density at radius 3 is 2.72 bits per heavy atom. The van der Waals surface area contributed by atoms with E-state index in [1.54, 1.807) is 24.3 Å². The van der Waals surface area contributed by atoms with Crippen LogP contribution < -0.4 is 10.5 Å². The first-order chi connectivity index (χ1) is 8.50. The van der Waals surface area contributed by atoms with Crippen LogP contribution in [0.15, 0.2) is 24.3 Å². The van der Waals surface area contributed by atoms with Crippen molar-refractivity contribution in [2.75, 3.05) is 17.0 Å². The lowest BCUT2D eigenvalue weighted by Crippen LogP contribution is -2.44. The van der Waals surface area contributed by atoms with Crippen molar-refractivity contribution in [2.24, 2.45) is 0 Å². The van der Waals surface area contributed by atoms with Gasteiger partial charge < -0.3 is 5.73 Å². The number of nitrogens with zero attached hydrogens (tertiary/aromatic N) is 1. The molecule has 0 radical (unpaired) electrons. The van der Waals surface area contributed by atoms with E-state index in [0.29, 0.717) is 17.9 Å². The van der Waals surface area contributed by atoms with Crippen LogP contribution in [0.5, 0.6) is 0 Å². The molecule has 0 aliphatic carbocycles. The quantitative estimate of drug-likeness (QED) is 0.822. The van der Waals surface area contributed by atoms with Gasteiger partial charge in [0.2, 0.25) is 0 Å². The van der Waals surface area contributed by atoms with Gasteiger partial charge in [0.15, 0.2) is 0 Å². The maximum absolute atomic E-state index is 12.3. The summed E-state index contributed by atoms with van der Waals surface area (Å²) in [6.07, 6.45) is 2.90. The van der Waals surface area contributed by atoms with Crippen LogP contribution >= 0.6 is 0 Å². The van der Waals surface area contributed by atoms with Crippen LogP contribution in [0.2, 0.25) is 0 Å². The van der Waals surface area contributed by atoms with Gasteiger partial charge in [0, 0.05) is 12.6 Å². The van der Waals surface area contributed by atoms with Gasteiger partial charge in [0.1, 0.15) is 0 Å². The van der Waals surface area contributed by atoms with Crippen molar-refractivity contribution in [2.45, 2.75) is 32.2 Å². The summed E-state index contributed by atoms with van der Waals surface area (Å²) in [7, 11) is -3.50. The molecule has 6 heteroatoms. The molecule has 0 aromatic heterocycles. The van der Waals surface area contributed by atoms with Crippen LogP contribution in [0.25, 0.3) is 0 Å². The van der Waals surface area contributed by atoms with Gasteiger partial charge in [-0.3, -0.25) is 4.72 Å². The fourth-order valence-electron chi connectivity index (χ4n) is 2.22. The number of hydrogen-bond donors (Lipinski definition) is 2. The van der Waals surface area contributed by atoms with Gasteiger partial charge in [0.25, 0.3) is 0 Å². The molecule has 1 fully saturated rings. The topological polar surface area (TPSA) is 75.4 Å². The van der Waals surface area contributed by atoms with Crippen molar-refractivity contribution in [3.63, 3.8) is 0 Å². The highest BCUT2D eigenvalue weighted by Gasteiger charge is 2.29. The molecule has 1 saturated heterocycles. The van der Waals surface area contributed by atoms with Crippen LogP contribution in [-0.4, -0.2) is 25.3 Å².